The molecule has 0 heterocycles. The van der Waals surface area contributed by atoms with Gasteiger partial charge in [-0.05, 0) is 27.8 Å². The zero-order valence-corrected chi connectivity index (χ0v) is 24.5. The summed E-state index contributed by atoms with van der Waals surface area (Å²) < 4.78 is 7.13. The molecule has 4 heteroatoms. The summed E-state index contributed by atoms with van der Waals surface area (Å²) in [6, 6.07) is 21.0. The van der Waals surface area contributed by atoms with Gasteiger partial charge in [-0.3, -0.25) is 4.79 Å². The predicted octanol–water partition coefficient (Wildman–Crippen LogP) is 7.96. The Balaban J connectivity index is 2.07. The largest absolute Gasteiger partial charge is 0.481 e. The summed E-state index contributed by atoms with van der Waals surface area (Å²) in [4.78, 5) is 11.9. The van der Waals surface area contributed by atoms with Gasteiger partial charge in [0, 0.05) is 0 Å². The van der Waals surface area contributed by atoms with Crippen LogP contribution in [0.2, 0.25) is 5.04 Å². The van der Waals surface area contributed by atoms with Crippen molar-refractivity contribution in [2.75, 3.05) is 0 Å². The lowest BCUT2D eigenvalue weighted by atomic mass is 10.0. The van der Waals surface area contributed by atoms with Crippen molar-refractivity contribution in [2.45, 2.75) is 116 Å². The molecule has 1 N–H and O–H groups in total. The Bertz CT molecular complexity index is 818. The number of benzene rings is 2. The minimum atomic E-state index is -2.74. The molecule has 0 amide bonds. The second-order valence-electron chi connectivity index (χ2n) is 11.8. The van der Waals surface area contributed by atoms with E-state index in [0.29, 0.717) is 0 Å². The first-order valence-corrected chi connectivity index (χ1v) is 16.1. The molecule has 2 aromatic carbocycles. The van der Waals surface area contributed by atoms with Crippen molar-refractivity contribution in [3.05, 3.63) is 60.7 Å². The third-order valence-corrected chi connectivity index (χ3v) is 12.3. The molecule has 2 aromatic rings. The Morgan fingerprint density at radius 3 is 1.56 bits per heavy atom. The molecule has 1 atom stereocenters. The van der Waals surface area contributed by atoms with Gasteiger partial charge in [0.05, 0.1) is 12.5 Å². The summed E-state index contributed by atoms with van der Waals surface area (Å²) in [7, 11) is -2.74. The van der Waals surface area contributed by atoms with E-state index in [0.717, 1.165) is 25.2 Å². The van der Waals surface area contributed by atoms with Crippen LogP contribution in [0.5, 0.6) is 0 Å². The van der Waals surface area contributed by atoms with Crippen LogP contribution in [0.15, 0.2) is 60.7 Å². The maximum Gasteiger partial charge on any atom is 0.305 e. The van der Waals surface area contributed by atoms with E-state index in [1.807, 2.05) is 12.1 Å². The number of carbonyl (C=O) groups is 1. The average molecular weight is 511 g/mol. The highest BCUT2D eigenvalue weighted by Crippen LogP contribution is 2.38. The number of unbranched alkanes of at least 4 members (excludes halogenated alkanes) is 7. The second-order valence-corrected chi connectivity index (χ2v) is 16.1. The molecule has 0 bridgehead atoms. The summed E-state index contributed by atoms with van der Waals surface area (Å²) in [6.45, 7) is 11.3. The summed E-state index contributed by atoms with van der Waals surface area (Å²) in [6.07, 6.45) is 11.9. The molecular weight excluding hydrogens is 460 g/mol. The van der Waals surface area contributed by atoms with Crippen molar-refractivity contribution in [3.8, 4) is 0 Å². The molecule has 0 aliphatic heterocycles. The number of aliphatic carboxylic acids is 1. The minimum Gasteiger partial charge on any atom is -0.481 e. The van der Waals surface area contributed by atoms with Gasteiger partial charge in [-0.2, -0.15) is 0 Å². The van der Waals surface area contributed by atoms with E-state index in [9.17, 15) is 9.90 Å². The van der Waals surface area contributed by atoms with Crippen molar-refractivity contribution in [1.82, 2.24) is 0 Å². The summed E-state index contributed by atoms with van der Waals surface area (Å²) in [5.74, 6) is 0.0363. The van der Waals surface area contributed by atoms with Gasteiger partial charge < -0.3 is 9.53 Å². The van der Waals surface area contributed by atoms with Gasteiger partial charge in [0.1, 0.15) is 0 Å². The zero-order chi connectivity index (χ0) is 26.4. The van der Waals surface area contributed by atoms with Crippen molar-refractivity contribution < 1.29 is 14.3 Å². The summed E-state index contributed by atoms with van der Waals surface area (Å²) in [5, 5.41) is 12.0. The molecule has 36 heavy (non-hydrogen) atoms. The summed E-state index contributed by atoms with van der Waals surface area (Å²) in [5.41, 5.74) is 0. The lowest BCUT2D eigenvalue weighted by Crippen LogP contribution is -2.67. The van der Waals surface area contributed by atoms with Gasteiger partial charge >= 0.3 is 5.97 Å². The first kappa shape index (κ1) is 30.3. The molecule has 0 saturated carbocycles. The fourth-order valence-electron chi connectivity index (χ4n) is 5.32. The van der Waals surface area contributed by atoms with Crippen LogP contribution in [0, 0.1) is 5.92 Å². The maximum absolute atomic E-state index is 11.9. The Labute approximate surface area is 221 Å². The highest BCUT2D eigenvalue weighted by atomic mass is 28.4. The number of rotatable bonds is 17. The zero-order valence-electron chi connectivity index (χ0n) is 23.5. The van der Waals surface area contributed by atoms with E-state index in [2.05, 4.69) is 83.1 Å². The Morgan fingerprint density at radius 2 is 1.17 bits per heavy atom. The van der Waals surface area contributed by atoms with Gasteiger partial charge in [-0.15, -0.1) is 0 Å². The normalized spacial score (nSPS) is 13.2. The summed E-state index contributed by atoms with van der Waals surface area (Å²) >= 11 is 0. The van der Waals surface area contributed by atoms with Crippen LogP contribution in [0.3, 0.4) is 0 Å². The fraction of sp³-hybridized carbons (Fsp3) is 0.594. The van der Waals surface area contributed by atoms with E-state index in [-0.39, 0.29) is 17.6 Å². The quantitative estimate of drug-likeness (QED) is 0.173. The monoisotopic (exact) mass is 510 g/mol. The van der Waals surface area contributed by atoms with Crippen molar-refractivity contribution in [1.29, 1.82) is 0 Å². The lowest BCUT2D eigenvalue weighted by molar-refractivity contribution is -0.139. The van der Waals surface area contributed by atoms with Crippen LogP contribution in [0.4, 0.5) is 0 Å². The molecule has 0 aromatic heterocycles. The van der Waals surface area contributed by atoms with Crippen LogP contribution in [0.1, 0.15) is 105 Å². The molecular formula is C32H50O3Si. The molecule has 200 valence electrons. The smallest absolute Gasteiger partial charge is 0.305 e. The SMILES string of the molecule is CC(C)CCCCCCCCCC[C@@H](CC(=O)O)O[Si](c1ccccc1)(c1ccccc1)C(C)(C)C. The fourth-order valence-corrected chi connectivity index (χ4v) is 10.0. The molecule has 0 radical (unpaired) electrons. The molecule has 0 spiro atoms. The first-order valence-electron chi connectivity index (χ1n) is 14.2. The Hall–Kier alpha value is -1.91. The topological polar surface area (TPSA) is 46.5 Å². The Morgan fingerprint density at radius 1 is 0.750 bits per heavy atom. The van der Waals surface area contributed by atoms with Crippen LogP contribution in [-0.4, -0.2) is 25.5 Å². The molecule has 0 unspecified atom stereocenters. The molecule has 0 saturated heterocycles. The van der Waals surface area contributed by atoms with Crippen LogP contribution < -0.4 is 10.4 Å². The van der Waals surface area contributed by atoms with E-state index < -0.39 is 14.3 Å². The van der Waals surface area contributed by atoms with Crippen LogP contribution >= 0.6 is 0 Å². The minimum absolute atomic E-state index is 0.0559. The van der Waals surface area contributed by atoms with Crippen molar-refractivity contribution in [2.24, 2.45) is 5.92 Å². The van der Waals surface area contributed by atoms with Crippen molar-refractivity contribution in [3.63, 3.8) is 0 Å². The second kappa shape index (κ2) is 15.4. The van der Waals surface area contributed by atoms with Crippen molar-refractivity contribution >= 4 is 24.7 Å². The van der Waals surface area contributed by atoms with Gasteiger partial charge in [-0.25, -0.2) is 0 Å². The third-order valence-electron chi connectivity index (χ3n) is 7.22. The van der Waals surface area contributed by atoms with E-state index in [1.165, 1.54) is 55.3 Å². The standard InChI is InChI=1S/C32H50O3Si/c1-27(2)20-14-10-8-6-7-9-11-15-21-28(26-31(33)34)35-36(32(3,4)5,29-22-16-12-17-23-29)30-24-18-13-19-25-30/h12-13,16-19,22-25,27-28H,6-11,14-15,20-21,26H2,1-5H3,(H,33,34)/t28-/m0/s1. The number of carboxylic acid groups (broad SMARTS) is 1. The highest BCUT2D eigenvalue weighted by Gasteiger charge is 2.51. The van der Waals surface area contributed by atoms with Crippen LogP contribution in [0.25, 0.3) is 0 Å². The molecule has 0 aliphatic carbocycles. The molecule has 0 fully saturated rings. The van der Waals surface area contributed by atoms with Gasteiger partial charge in [0.2, 0.25) is 0 Å². The molecule has 0 aliphatic rings. The predicted molar refractivity (Wildman–Crippen MR) is 156 cm³/mol. The number of carboxylic acids is 1. The van der Waals surface area contributed by atoms with E-state index in [4.69, 9.17) is 4.43 Å². The third kappa shape index (κ3) is 9.52. The van der Waals surface area contributed by atoms with Gasteiger partial charge in [0.25, 0.3) is 8.32 Å². The maximum atomic E-state index is 11.9. The first-order chi connectivity index (χ1) is 17.2. The molecule has 3 nitrogen and oxygen atoms in total. The van der Waals surface area contributed by atoms with Gasteiger partial charge in [-0.1, -0.05) is 153 Å². The number of hydrogen-bond donors (Lipinski definition) is 1. The van der Waals surface area contributed by atoms with Gasteiger partial charge in [0.15, 0.2) is 0 Å². The number of hydrogen-bond acceptors (Lipinski definition) is 2. The highest BCUT2D eigenvalue weighted by molar-refractivity contribution is 6.99. The molecule has 2 rings (SSSR count). The van der Waals surface area contributed by atoms with E-state index in [1.54, 1.807) is 0 Å². The average Bonchev–Trinajstić information content (AvgIpc) is 2.83. The van der Waals surface area contributed by atoms with Crippen LogP contribution in [-0.2, 0) is 9.22 Å². The Kier molecular flexibility index (Phi) is 12.9. The lowest BCUT2D eigenvalue weighted by Gasteiger charge is -2.45. The van der Waals surface area contributed by atoms with E-state index >= 15 is 0 Å².